The molecule has 3 nitrogen and oxygen atoms in total. The minimum atomic E-state index is 0.335. The second-order valence-electron chi connectivity index (χ2n) is 3.80. The SMILES string of the molecule is CC1OCCC1NC/C=C/c1ccco1. The predicted molar refractivity (Wildman–Crippen MR) is 59.6 cm³/mol. The largest absolute Gasteiger partial charge is 0.465 e. The average Bonchev–Trinajstić information content (AvgIpc) is 2.85. The summed E-state index contributed by atoms with van der Waals surface area (Å²) in [6.07, 6.45) is 7.18. The van der Waals surface area contributed by atoms with E-state index in [9.17, 15) is 0 Å². The van der Waals surface area contributed by atoms with Crippen LogP contribution in [0.25, 0.3) is 6.08 Å². The van der Waals surface area contributed by atoms with E-state index in [2.05, 4.69) is 18.3 Å². The van der Waals surface area contributed by atoms with Crippen molar-refractivity contribution in [3.05, 3.63) is 30.2 Å². The minimum absolute atomic E-state index is 0.335. The maximum absolute atomic E-state index is 5.46. The maximum atomic E-state index is 5.46. The molecule has 1 aromatic heterocycles. The zero-order chi connectivity index (χ0) is 10.5. The summed E-state index contributed by atoms with van der Waals surface area (Å²) < 4.78 is 10.7. The molecule has 1 aromatic rings. The molecule has 0 aliphatic carbocycles. The molecule has 0 radical (unpaired) electrons. The van der Waals surface area contributed by atoms with Crippen molar-refractivity contribution in [2.24, 2.45) is 0 Å². The van der Waals surface area contributed by atoms with Crippen LogP contribution in [0.15, 0.2) is 28.9 Å². The third kappa shape index (κ3) is 2.94. The molecule has 0 saturated carbocycles. The van der Waals surface area contributed by atoms with Gasteiger partial charge in [0.2, 0.25) is 0 Å². The van der Waals surface area contributed by atoms with Gasteiger partial charge in [0, 0.05) is 19.2 Å². The molecular formula is C12H17NO2. The molecule has 2 unspecified atom stereocenters. The number of furan rings is 1. The van der Waals surface area contributed by atoms with Crippen LogP contribution in [0.4, 0.5) is 0 Å². The summed E-state index contributed by atoms with van der Waals surface area (Å²) in [5.74, 6) is 0.896. The van der Waals surface area contributed by atoms with Gasteiger partial charge in [-0.2, -0.15) is 0 Å². The van der Waals surface area contributed by atoms with Gasteiger partial charge in [-0.15, -0.1) is 0 Å². The van der Waals surface area contributed by atoms with Crippen LogP contribution in [-0.4, -0.2) is 25.3 Å². The van der Waals surface area contributed by atoms with E-state index in [1.54, 1.807) is 6.26 Å². The third-order valence-electron chi connectivity index (χ3n) is 2.70. The van der Waals surface area contributed by atoms with Crippen LogP contribution in [0.1, 0.15) is 19.1 Å². The van der Waals surface area contributed by atoms with Crippen molar-refractivity contribution < 1.29 is 9.15 Å². The van der Waals surface area contributed by atoms with Crippen molar-refractivity contribution in [2.45, 2.75) is 25.5 Å². The summed E-state index contributed by atoms with van der Waals surface area (Å²) in [7, 11) is 0. The predicted octanol–water partition coefficient (Wildman–Crippen LogP) is 2.06. The first-order valence-corrected chi connectivity index (χ1v) is 5.41. The molecule has 0 spiro atoms. The normalized spacial score (nSPS) is 26.5. The van der Waals surface area contributed by atoms with Crippen LogP contribution in [0, 0.1) is 0 Å². The van der Waals surface area contributed by atoms with Crippen LogP contribution < -0.4 is 5.32 Å². The van der Waals surface area contributed by atoms with Crippen molar-refractivity contribution in [3.63, 3.8) is 0 Å². The van der Waals surface area contributed by atoms with Gasteiger partial charge in [0.15, 0.2) is 0 Å². The summed E-state index contributed by atoms with van der Waals surface area (Å²) in [5, 5.41) is 3.44. The topological polar surface area (TPSA) is 34.4 Å². The van der Waals surface area contributed by atoms with Crippen LogP contribution in [-0.2, 0) is 4.74 Å². The Labute approximate surface area is 90.1 Å². The summed E-state index contributed by atoms with van der Waals surface area (Å²) in [6.45, 7) is 3.85. The Bertz CT molecular complexity index is 305. The fourth-order valence-corrected chi connectivity index (χ4v) is 1.78. The Morgan fingerprint density at radius 2 is 2.53 bits per heavy atom. The Hall–Kier alpha value is -1.06. The molecule has 1 aliphatic heterocycles. The molecule has 1 saturated heterocycles. The Balaban J connectivity index is 1.70. The zero-order valence-corrected chi connectivity index (χ0v) is 8.98. The zero-order valence-electron chi connectivity index (χ0n) is 8.98. The van der Waals surface area contributed by atoms with Crippen molar-refractivity contribution >= 4 is 6.08 Å². The Morgan fingerprint density at radius 1 is 1.60 bits per heavy atom. The molecular weight excluding hydrogens is 190 g/mol. The standard InChI is InChI=1S/C12H17NO2/c1-10-12(6-9-14-10)13-7-2-4-11-5-3-8-15-11/h2-5,8,10,12-13H,6-7,9H2,1H3/b4-2+. The van der Waals surface area contributed by atoms with Crippen LogP contribution in [0.3, 0.4) is 0 Å². The quantitative estimate of drug-likeness (QED) is 0.820. The molecule has 3 heteroatoms. The van der Waals surface area contributed by atoms with E-state index in [0.717, 1.165) is 25.3 Å². The van der Waals surface area contributed by atoms with E-state index < -0.39 is 0 Å². The summed E-state index contributed by atoms with van der Waals surface area (Å²) in [6, 6.07) is 4.32. The highest BCUT2D eigenvalue weighted by atomic mass is 16.5. The van der Waals surface area contributed by atoms with Gasteiger partial charge < -0.3 is 14.5 Å². The lowest BCUT2D eigenvalue weighted by atomic mass is 10.1. The van der Waals surface area contributed by atoms with Crippen molar-refractivity contribution in [3.8, 4) is 0 Å². The monoisotopic (exact) mass is 207 g/mol. The first-order chi connectivity index (χ1) is 7.36. The highest BCUT2D eigenvalue weighted by Gasteiger charge is 2.22. The Morgan fingerprint density at radius 3 is 3.20 bits per heavy atom. The fraction of sp³-hybridized carbons (Fsp3) is 0.500. The number of hydrogen-bond acceptors (Lipinski definition) is 3. The van der Waals surface area contributed by atoms with Crippen molar-refractivity contribution in [1.29, 1.82) is 0 Å². The van der Waals surface area contributed by atoms with Crippen LogP contribution in [0.2, 0.25) is 0 Å². The van der Waals surface area contributed by atoms with Gasteiger partial charge in [-0.25, -0.2) is 0 Å². The average molecular weight is 207 g/mol. The number of ether oxygens (including phenoxy) is 1. The second kappa shape index (κ2) is 5.14. The number of hydrogen-bond donors (Lipinski definition) is 1. The number of nitrogens with one attached hydrogen (secondary N) is 1. The molecule has 1 fully saturated rings. The molecule has 2 atom stereocenters. The molecule has 2 heterocycles. The number of rotatable bonds is 4. The van der Waals surface area contributed by atoms with Gasteiger partial charge in [0.1, 0.15) is 5.76 Å². The maximum Gasteiger partial charge on any atom is 0.126 e. The van der Waals surface area contributed by atoms with Crippen molar-refractivity contribution in [2.75, 3.05) is 13.2 Å². The lowest BCUT2D eigenvalue weighted by Crippen LogP contribution is -2.34. The molecule has 0 amide bonds. The molecule has 1 N–H and O–H groups in total. The highest BCUT2D eigenvalue weighted by Crippen LogP contribution is 2.12. The van der Waals surface area contributed by atoms with Gasteiger partial charge in [-0.3, -0.25) is 0 Å². The van der Waals surface area contributed by atoms with Crippen molar-refractivity contribution in [1.82, 2.24) is 5.32 Å². The molecule has 2 rings (SSSR count). The summed E-state index contributed by atoms with van der Waals surface area (Å²) >= 11 is 0. The molecule has 1 aliphatic rings. The van der Waals surface area contributed by atoms with Gasteiger partial charge in [0.05, 0.1) is 12.4 Å². The molecule has 15 heavy (non-hydrogen) atoms. The minimum Gasteiger partial charge on any atom is -0.465 e. The highest BCUT2D eigenvalue weighted by molar-refractivity contribution is 5.42. The van der Waals surface area contributed by atoms with E-state index in [-0.39, 0.29) is 0 Å². The fourth-order valence-electron chi connectivity index (χ4n) is 1.78. The second-order valence-corrected chi connectivity index (χ2v) is 3.80. The van der Waals surface area contributed by atoms with E-state index >= 15 is 0 Å². The molecule has 0 bridgehead atoms. The van der Waals surface area contributed by atoms with Gasteiger partial charge in [-0.1, -0.05) is 6.08 Å². The van der Waals surface area contributed by atoms with Crippen LogP contribution >= 0.6 is 0 Å². The first-order valence-electron chi connectivity index (χ1n) is 5.41. The van der Waals surface area contributed by atoms with Gasteiger partial charge in [0.25, 0.3) is 0 Å². The van der Waals surface area contributed by atoms with E-state index in [1.807, 2.05) is 18.2 Å². The van der Waals surface area contributed by atoms with Crippen LogP contribution in [0.5, 0.6) is 0 Å². The molecule has 0 aromatic carbocycles. The smallest absolute Gasteiger partial charge is 0.126 e. The first kappa shape index (κ1) is 10.5. The lowest BCUT2D eigenvalue weighted by molar-refractivity contribution is 0.114. The van der Waals surface area contributed by atoms with Gasteiger partial charge in [-0.05, 0) is 31.6 Å². The lowest BCUT2D eigenvalue weighted by Gasteiger charge is -2.14. The Kier molecular flexibility index (Phi) is 3.59. The summed E-state index contributed by atoms with van der Waals surface area (Å²) in [4.78, 5) is 0. The van der Waals surface area contributed by atoms with E-state index in [0.29, 0.717) is 12.1 Å². The third-order valence-corrected chi connectivity index (χ3v) is 2.70. The molecule has 82 valence electrons. The summed E-state index contributed by atoms with van der Waals surface area (Å²) in [5.41, 5.74) is 0. The van der Waals surface area contributed by atoms with Gasteiger partial charge >= 0.3 is 0 Å². The van der Waals surface area contributed by atoms with E-state index in [4.69, 9.17) is 9.15 Å². The van der Waals surface area contributed by atoms with E-state index in [1.165, 1.54) is 0 Å².